The molecule has 1 heterocycles. The first-order valence-electron chi connectivity index (χ1n) is 5.53. The van der Waals surface area contributed by atoms with E-state index in [-0.39, 0.29) is 24.4 Å². The summed E-state index contributed by atoms with van der Waals surface area (Å²) in [5.74, 6) is -0.314. The molecule has 1 aromatic rings. The Morgan fingerprint density at radius 1 is 1.53 bits per heavy atom. The summed E-state index contributed by atoms with van der Waals surface area (Å²) in [7, 11) is -2.24. The van der Waals surface area contributed by atoms with Crippen molar-refractivity contribution in [3.05, 3.63) is 22.3 Å². The molecule has 0 saturated heterocycles. The van der Waals surface area contributed by atoms with Crippen LogP contribution in [0.1, 0.15) is 18.4 Å². The monoisotopic (exact) mass is 350 g/mol. The maximum atomic E-state index is 11.8. The Labute approximate surface area is 120 Å². The number of nitrogens with one attached hydrogen (secondary N) is 1. The fourth-order valence-corrected chi connectivity index (χ4v) is 2.59. The zero-order valence-corrected chi connectivity index (χ0v) is 13.0. The number of sulfonamides is 1. The van der Waals surface area contributed by atoms with Crippen LogP contribution < -0.4 is 4.72 Å². The van der Waals surface area contributed by atoms with Crippen LogP contribution in [0.2, 0.25) is 0 Å². The molecule has 1 rings (SSSR count). The minimum atomic E-state index is -3.50. The molecule has 1 aromatic heterocycles. The van der Waals surface area contributed by atoms with Crippen LogP contribution in [0, 0.1) is 6.92 Å². The first-order chi connectivity index (χ1) is 8.84. The predicted molar refractivity (Wildman–Crippen MR) is 75.3 cm³/mol. The van der Waals surface area contributed by atoms with E-state index >= 15 is 0 Å². The highest BCUT2D eigenvalue weighted by Crippen LogP contribution is 2.18. The van der Waals surface area contributed by atoms with Crippen molar-refractivity contribution in [1.29, 1.82) is 0 Å². The number of nitrogens with zero attached hydrogens (tertiary/aromatic N) is 1. The van der Waals surface area contributed by atoms with Crippen molar-refractivity contribution >= 4 is 37.7 Å². The summed E-state index contributed by atoms with van der Waals surface area (Å²) in [4.78, 5) is 14.8. The maximum Gasteiger partial charge on any atom is 0.305 e. The van der Waals surface area contributed by atoms with E-state index in [1.54, 1.807) is 6.07 Å². The standard InChI is InChI=1S/C11H15BrN2O4S/c1-8-6-10(13-7-9(8)12)14-19(16,17)5-3-4-11(15)18-2/h6-7H,3-5H2,1-2H3,(H,13,14). The fraction of sp³-hybridized carbons (Fsp3) is 0.455. The van der Waals surface area contributed by atoms with Gasteiger partial charge in [-0.1, -0.05) is 0 Å². The molecule has 0 fully saturated rings. The van der Waals surface area contributed by atoms with Crippen LogP contribution >= 0.6 is 15.9 Å². The molecule has 0 aliphatic heterocycles. The van der Waals surface area contributed by atoms with Gasteiger partial charge in [-0.15, -0.1) is 0 Å². The third-order valence-electron chi connectivity index (χ3n) is 2.33. The molecule has 0 unspecified atom stereocenters. The van der Waals surface area contributed by atoms with Crippen LogP contribution in [0.25, 0.3) is 0 Å². The Morgan fingerprint density at radius 2 is 2.21 bits per heavy atom. The van der Waals surface area contributed by atoms with Gasteiger partial charge < -0.3 is 4.74 Å². The molecule has 6 nitrogen and oxygen atoms in total. The van der Waals surface area contributed by atoms with E-state index in [0.717, 1.165) is 10.0 Å². The fourth-order valence-electron chi connectivity index (χ4n) is 1.31. The van der Waals surface area contributed by atoms with Gasteiger partial charge in [0.25, 0.3) is 0 Å². The van der Waals surface area contributed by atoms with Gasteiger partial charge in [-0.3, -0.25) is 9.52 Å². The lowest BCUT2D eigenvalue weighted by molar-refractivity contribution is -0.140. The summed E-state index contributed by atoms with van der Waals surface area (Å²) in [6.45, 7) is 1.83. The molecule has 0 atom stereocenters. The highest BCUT2D eigenvalue weighted by atomic mass is 79.9. The molecular weight excluding hydrogens is 336 g/mol. The number of anilines is 1. The van der Waals surface area contributed by atoms with Crippen LogP contribution in [0.3, 0.4) is 0 Å². The molecule has 1 N–H and O–H groups in total. The van der Waals surface area contributed by atoms with Gasteiger partial charge >= 0.3 is 5.97 Å². The van der Waals surface area contributed by atoms with Gasteiger partial charge in [-0.25, -0.2) is 13.4 Å². The molecule has 0 amide bonds. The van der Waals surface area contributed by atoms with Crippen molar-refractivity contribution in [1.82, 2.24) is 4.98 Å². The Kier molecular flexibility index (Phi) is 5.74. The van der Waals surface area contributed by atoms with Crippen molar-refractivity contribution in [3.63, 3.8) is 0 Å². The zero-order chi connectivity index (χ0) is 14.5. The summed E-state index contributed by atoms with van der Waals surface area (Å²) in [5.41, 5.74) is 0.877. The average Bonchev–Trinajstić information content (AvgIpc) is 2.33. The number of hydrogen-bond donors (Lipinski definition) is 1. The van der Waals surface area contributed by atoms with Crippen LogP contribution in [-0.2, 0) is 19.6 Å². The highest BCUT2D eigenvalue weighted by Gasteiger charge is 2.13. The third kappa shape index (κ3) is 5.56. The van der Waals surface area contributed by atoms with Gasteiger partial charge in [0.1, 0.15) is 5.82 Å². The lowest BCUT2D eigenvalue weighted by Crippen LogP contribution is -2.18. The van der Waals surface area contributed by atoms with Crippen LogP contribution in [-0.4, -0.2) is 32.2 Å². The molecule has 0 saturated carbocycles. The van der Waals surface area contributed by atoms with Crippen molar-refractivity contribution < 1.29 is 17.9 Å². The van der Waals surface area contributed by atoms with E-state index in [0.29, 0.717) is 0 Å². The number of carbonyl (C=O) groups is 1. The van der Waals surface area contributed by atoms with Crippen LogP contribution in [0.4, 0.5) is 5.82 Å². The normalized spacial score (nSPS) is 11.1. The Bertz CT molecular complexity index is 560. The zero-order valence-electron chi connectivity index (χ0n) is 10.6. The quantitative estimate of drug-likeness (QED) is 0.791. The van der Waals surface area contributed by atoms with Crippen molar-refractivity contribution in [2.24, 2.45) is 0 Å². The lowest BCUT2D eigenvalue weighted by atomic mass is 10.3. The smallest absolute Gasteiger partial charge is 0.305 e. The third-order valence-corrected chi connectivity index (χ3v) is 4.51. The Balaban J connectivity index is 2.59. The summed E-state index contributed by atoms with van der Waals surface area (Å²) >= 11 is 3.28. The number of carbonyl (C=O) groups excluding carboxylic acids is 1. The van der Waals surface area contributed by atoms with Gasteiger partial charge in [0.2, 0.25) is 10.0 Å². The van der Waals surface area contributed by atoms with E-state index in [9.17, 15) is 13.2 Å². The van der Waals surface area contributed by atoms with E-state index in [1.807, 2.05) is 6.92 Å². The van der Waals surface area contributed by atoms with Gasteiger partial charge in [0, 0.05) is 17.1 Å². The Morgan fingerprint density at radius 3 is 2.79 bits per heavy atom. The number of hydrogen-bond acceptors (Lipinski definition) is 5. The highest BCUT2D eigenvalue weighted by molar-refractivity contribution is 9.10. The number of rotatable bonds is 6. The number of halogens is 1. The van der Waals surface area contributed by atoms with Gasteiger partial charge in [-0.2, -0.15) is 0 Å². The van der Waals surface area contributed by atoms with Crippen LogP contribution in [0.15, 0.2) is 16.7 Å². The number of aryl methyl sites for hydroxylation is 1. The largest absolute Gasteiger partial charge is 0.469 e. The first-order valence-corrected chi connectivity index (χ1v) is 7.98. The number of esters is 1. The molecule has 0 radical (unpaired) electrons. The lowest BCUT2D eigenvalue weighted by Gasteiger charge is -2.08. The van der Waals surface area contributed by atoms with E-state index < -0.39 is 16.0 Å². The summed E-state index contributed by atoms with van der Waals surface area (Å²) < 4.78 is 31.1. The molecule has 106 valence electrons. The molecule has 19 heavy (non-hydrogen) atoms. The summed E-state index contributed by atoms with van der Waals surface area (Å²) in [5, 5.41) is 0. The second-order valence-corrected chi connectivity index (χ2v) is 6.62. The van der Waals surface area contributed by atoms with Crippen molar-refractivity contribution in [2.45, 2.75) is 19.8 Å². The number of aromatic nitrogens is 1. The summed E-state index contributed by atoms with van der Waals surface area (Å²) in [6, 6.07) is 1.63. The SMILES string of the molecule is COC(=O)CCCS(=O)(=O)Nc1cc(C)c(Br)cn1. The van der Waals surface area contributed by atoms with E-state index in [2.05, 4.69) is 30.4 Å². The van der Waals surface area contributed by atoms with Crippen molar-refractivity contribution in [2.75, 3.05) is 17.6 Å². The summed E-state index contributed by atoms with van der Waals surface area (Å²) in [6.07, 6.45) is 1.81. The van der Waals surface area contributed by atoms with Gasteiger partial charge in [0.15, 0.2) is 0 Å². The number of methoxy groups -OCH3 is 1. The van der Waals surface area contributed by atoms with Gasteiger partial charge in [-0.05, 0) is 40.9 Å². The number of pyridine rings is 1. The van der Waals surface area contributed by atoms with Crippen molar-refractivity contribution in [3.8, 4) is 0 Å². The molecule has 0 aliphatic carbocycles. The predicted octanol–water partition coefficient (Wildman–Crippen LogP) is 1.85. The molecule has 0 bridgehead atoms. The molecule has 0 aromatic carbocycles. The number of ether oxygens (including phenoxy) is 1. The Hall–Kier alpha value is -1.15. The molecule has 0 spiro atoms. The molecule has 0 aliphatic rings. The van der Waals surface area contributed by atoms with Crippen LogP contribution in [0.5, 0.6) is 0 Å². The minimum Gasteiger partial charge on any atom is -0.469 e. The minimum absolute atomic E-state index is 0.0736. The van der Waals surface area contributed by atoms with Gasteiger partial charge in [0.05, 0.1) is 12.9 Å². The maximum absolute atomic E-state index is 11.8. The average molecular weight is 351 g/mol. The van der Waals surface area contributed by atoms with E-state index in [1.165, 1.54) is 13.3 Å². The first kappa shape index (κ1) is 15.9. The topological polar surface area (TPSA) is 85.4 Å². The molecular formula is C11H15BrN2O4S. The van der Waals surface area contributed by atoms with E-state index in [4.69, 9.17) is 0 Å². The second-order valence-electron chi connectivity index (χ2n) is 3.92. The second kappa shape index (κ2) is 6.85. The molecule has 8 heteroatoms.